The van der Waals surface area contributed by atoms with Gasteiger partial charge in [-0.15, -0.1) is 0 Å². The molecule has 1 fully saturated rings. The Bertz CT molecular complexity index is 1150. The van der Waals surface area contributed by atoms with Crippen LogP contribution in [0.1, 0.15) is 51.7 Å². The molecule has 0 aliphatic carbocycles. The van der Waals surface area contributed by atoms with Gasteiger partial charge in [0.1, 0.15) is 5.60 Å². The molecule has 2 aromatic heterocycles. The van der Waals surface area contributed by atoms with Gasteiger partial charge in [-0.05, 0) is 69.4 Å². The number of thiazole rings is 1. The lowest BCUT2D eigenvalue weighted by molar-refractivity contribution is -0.124. The molecule has 4 rings (SSSR count). The topological polar surface area (TPSA) is 75.6 Å². The van der Waals surface area contributed by atoms with Gasteiger partial charge in [0.25, 0.3) is 0 Å². The minimum atomic E-state index is -0.533. The highest BCUT2D eigenvalue weighted by Gasteiger charge is 2.33. The van der Waals surface area contributed by atoms with Crippen LogP contribution >= 0.6 is 11.3 Å². The SMILES string of the molecule is CCc1ccc2nc(N(Cc3cccnc3)C(=O)C3CCN(C(=O)OC(C)(C)C)CC3)sc2c1. The van der Waals surface area contributed by atoms with E-state index in [9.17, 15) is 9.59 Å². The van der Waals surface area contributed by atoms with Gasteiger partial charge in [0.2, 0.25) is 5.91 Å². The Labute approximate surface area is 204 Å². The van der Waals surface area contributed by atoms with Crippen LogP contribution in [-0.2, 0) is 22.5 Å². The van der Waals surface area contributed by atoms with Crippen molar-refractivity contribution < 1.29 is 14.3 Å². The average molecular weight is 481 g/mol. The maximum absolute atomic E-state index is 13.7. The Morgan fingerprint density at radius 1 is 1.18 bits per heavy atom. The van der Waals surface area contributed by atoms with Crippen molar-refractivity contribution in [1.29, 1.82) is 0 Å². The number of aromatic nitrogens is 2. The highest BCUT2D eigenvalue weighted by molar-refractivity contribution is 7.22. The van der Waals surface area contributed by atoms with Crippen LogP contribution in [0.5, 0.6) is 0 Å². The summed E-state index contributed by atoms with van der Waals surface area (Å²) in [6.45, 7) is 9.14. The van der Waals surface area contributed by atoms with Crippen LogP contribution in [0, 0.1) is 5.92 Å². The Balaban J connectivity index is 1.54. The zero-order valence-corrected chi connectivity index (χ0v) is 21.1. The fourth-order valence-corrected chi connectivity index (χ4v) is 5.10. The number of carbonyl (C=O) groups excluding carboxylic acids is 2. The molecule has 0 atom stereocenters. The van der Waals surface area contributed by atoms with Gasteiger partial charge in [-0.1, -0.05) is 30.4 Å². The van der Waals surface area contributed by atoms with Crippen molar-refractivity contribution in [3.8, 4) is 0 Å². The molecule has 1 saturated heterocycles. The third kappa shape index (κ3) is 5.73. The number of fused-ring (bicyclic) bond motifs is 1. The summed E-state index contributed by atoms with van der Waals surface area (Å²) >= 11 is 1.55. The lowest BCUT2D eigenvalue weighted by Crippen LogP contribution is -2.45. The fourth-order valence-electron chi connectivity index (χ4n) is 4.06. The molecule has 1 aromatic carbocycles. The molecule has 0 radical (unpaired) electrons. The van der Waals surface area contributed by atoms with Crippen molar-refractivity contribution in [3.05, 3.63) is 53.9 Å². The van der Waals surface area contributed by atoms with E-state index in [4.69, 9.17) is 9.72 Å². The van der Waals surface area contributed by atoms with Crippen LogP contribution in [0.3, 0.4) is 0 Å². The second-order valence-corrected chi connectivity index (χ2v) is 10.7. The summed E-state index contributed by atoms with van der Waals surface area (Å²) in [5.41, 5.74) is 2.58. The van der Waals surface area contributed by atoms with Gasteiger partial charge >= 0.3 is 6.09 Å². The number of nitrogens with zero attached hydrogens (tertiary/aromatic N) is 4. The molecule has 0 saturated carbocycles. The fraction of sp³-hybridized carbons (Fsp3) is 0.462. The number of carbonyl (C=O) groups is 2. The van der Waals surface area contributed by atoms with Crippen molar-refractivity contribution in [2.24, 2.45) is 5.92 Å². The number of rotatable bonds is 5. The van der Waals surface area contributed by atoms with Crippen LogP contribution in [0.25, 0.3) is 10.2 Å². The molecule has 34 heavy (non-hydrogen) atoms. The molecule has 3 aromatic rings. The summed E-state index contributed by atoms with van der Waals surface area (Å²) in [6, 6.07) is 10.1. The first-order valence-electron chi connectivity index (χ1n) is 11.8. The van der Waals surface area contributed by atoms with E-state index in [0.29, 0.717) is 37.6 Å². The first kappa shape index (κ1) is 24.1. The molecule has 7 nitrogen and oxygen atoms in total. The van der Waals surface area contributed by atoms with Crippen LogP contribution in [0.15, 0.2) is 42.7 Å². The van der Waals surface area contributed by atoms with Gasteiger partial charge < -0.3 is 9.64 Å². The summed E-state index contributed by atoms with van der Waals surface area (Å²) in [6.07, 6.45) is 5.36. The van der Waals surface area contributed by atoms with Gasteiger partial charge in [-0.25, -0.2) is 9.78 Å². The van der Waals surface area contributed by atoms with Gasteiger partial charge in [0.15, 0.2) is 5.13 Å². The molecule has 3 heterocycles. The van der Waals surface area contributed by atoms with E-state index in [-0.39, 0.29) is 17.9 Å². The first-order chi connectivity index (χ1) is 16.2. The van der Waals surface area contributed by atoms with Gasteiger partial charge in [-0.2, -0.15) is 0 Å². The van der Waals surface area contributed by atoms with E-state index < -0.39 is 5.60 Å². The van der Waals surface area contributed by atoms with Crippen LogP contribution in [0.2, 0.25) is 0 Å². The zero-order valence-electron chi connectivity index (χ0n) is 20.3. The monoisotopic (exact) mass is 480 g/mol. The van der Waals surface area contributed by atoms with Crippen molar-refractivity contribution >= 4 is 38.7 Å². The summed E-state index contributed by atoms with van der Waals surface area (Å²) < 4.78 is 6.58. The van der Waals surface area contributed by atoms with Crippen LogP contribution in [0.4, 0.5) is 9.93 Å². The van der Waals surface area contributed by atoms with Gasteiger partial charge in [0, 0.05) is 31.4 Å². The summed E-state index contributed by atoms with van der Waals surface area (Å²) in [4.78, 5) is 38.7. The molecule has 1 aliphatic rings. The molecular formula is C26H32N4O3S. The Kier molecular flexibility index (Phi) is 7.16. The third-order valence-electron chi connectivity index (χ3n) is 5.91. The van der Waals surface area contributed by atoms with E-state index in [2.05, 4.69) is 24.0 Å². The number of anilines is 1. The largest absolute Gasteiger partial charge is 0.444 e. The molecule has 0 N–H and O–H groups in total. The molecule has 1 aliphatic heterocycles. The third-order valence-corrected chi connectivity index (χ3v) is 6.95. The number of benzene rings is 1. The van der Waals surface area contributed by atoms with Crippen molar-refractivity contribution in [3.63, 3.8) is 0 Å². The average Bonchev–Trinajstić information content (AvgIpc) is 3.24. The van der Waals surface area contributed by atoms with Gasteiger partial charge in [0.05, 0.1) is 16.8 Å². The quantitative estimate of drug-likeness (QED) is 0.486. The number of ether oxygens (including phenoxy) is 1. The predicted octanol–water partition coefficient (Wildman–Crippen LogP) is 5.43. The minimum Gasteiger partial charge on any atom is -0.444 e. The zero-order chi connectivity index (χ0) is 24.3. The summed E-state index contributed by atoms with van der Waals surface area (Å²) in [5.74, 6) is -0.129. The van der Waals surface area contributed by atoms with E-state index in [0.717, 1.165) is 22.2 Å². The number of amides is 2. The second-order valence-electron chi connectivity index (χ2n) is 9.68. The van der Waals surface area contributed by atoms with Gasteiger partial charge in [-0.3, -0.25) is 14.7 Å². The van der Waals surface area contributed by atoms with E-state index in [1.807, 2.05) is 39.0 Å². The lowest BCUT2D eigenvalue weighted by atomic mass is 9.95. The van der Waals surface area contributed by atoms with Crippen LogP contribution in [-0.4, -0.2) is 45.6 Å². The lowest BCUT2D eigenvalue weighted by Gasteiger charge is -2.34. The van der Waals surface area contributed by atoms with E-state index >= 15 is 0 Å². The number of hydrogen-bond acceptors (Lipinski definition) is 6. The number of hydrogen-bond donors (Lipinski definition) is 0. The highest BCUT2D eigenvalue weighted by atomic mass is 32.1. The van der Waals surface area contributed by atoms with Crippen molar-refractivity contribution in [1.82, 2.24) is 14.9 Å². The maximum Gasteiger partial charge on any atom is 0.410 e. The van der Waals surface area contributed by atoms with Crippen LogP contribution < -0.4 is 4.90 Å². The molecular weight excluding hydrogens is 448 g/mol. The Hall–Kier alpha value is -3.00. The molecule has 2 amide bonds. The second kappa shape index (κ2) is 10.1. The Morgan fingerprint density at radius 2 is 1.94 bits per heavy atom. The first-order valence-corrected chi connectivity index (χ1v) is 12.6. The van der Waals surface area contributed by atoms with Crippen molar-refractivity contribution in [2.45, 2.75) is 59.1 Å². The highest BCUT2D eigenvalue weighted by Crippen LogP contribution is 2.33. The Morgan fingerprint density at radius 3 is 2.59 bits per heavy atom. The maximum atomic E-state index is 13.7. The smallest absolute Gasteiger partial charge is 0.410 e. The summed E-state index contributed by atoms with van der Waals surface area (Å²) in [5, 5.41) is 0.701. The molecule has 0 unspecified atom stereocenters. The number of pyridine rings is 1. The predicted molar refractivity (Wildman–Crippen MR) is 135 cm³/mol. The van der Waals surface area contributed by atoms with E-state index in [1.165, 1.54) is 5.56 Å². The normalized spacial score (nSPS) is 14.9. The molecule has 0 bridgehead atoms. The number of likely N-dealkylation sites (tertiary alicyclic amines) is 1. The number of piperidine rings is 1. The summed E-state index contributed by atoms with van der Waals surface area (Å²) in [7, 11) is 0. The molecule has 0 spiro atoms. The van der Waals surface area contributed by atoms with Crippen molar-refractivity contribution in [2.75, 3.05) is 18.0 Å². The minimum absolute atomic E-state index is 0.0439. The molecule has 180 valence electrons. The van der Waals surface area contributed by atoms with E-state index in [1.54, 1.807) is 33.5 Å². The standard InChI is InChI=1S/C26H32N4O3S/c1-5-18-8-9-21-22(15-18)34-24(28-21)30(17-19-7-6-12-27-16-19)23(31)20-10-13-29(14-11-20)25(32)33-26(2,3)4/h6-9,12,15-16,20H,5,10-11,13-14,17H2,1-4H3. The number of aryl methyl sites for hydroxylation is 1. The molecule has 8 heteroatoms.